The number of aryl methyl sites for hydroxylation is 2. The molecule has 2 fully saturated rings. The summed E-state index contributed by atoms with van der Waals surface area (Å²) in [5, 5.41) is 0. The fourth-order valence-electron chi connectivity index (χ4n) is 4.72. The summed E-state index contributed by atoms with van der Waals surface area (Å²) < 4.78 is 6.27. The first-order chi connectivity index (χ1) is 15.6. The molecule has 7 heteroatoms. The van der Waals surface area contributed by atoms with Crippen molar-refractivity contribution in [3.63, 3.8) is 0 Å². The largest absolute Gasteiger partial charge is 0.370 e. The molecule has 1 aliphatic carbocycles. The molecule has 0 bridgehead atoms. The van der Waals surface area contributed by atoms with Gasteiger partial charge in [-0.05, 0) is 31.7 Å². The molecule has 0 unspecified atom stereocenters. The van der Waals surface area contributed by atoms with E-state index in [9.17, 15) is 9.59 Å². The molecule has 32 heavy (non-hydrogen) atoms. The second-order valence-electron chi connectivity index (χ2n) is 8.89. The Bertz CT molecular complexity index is 895. The van der Waals surface area contributed by atoms with Gasteiger partial charge in [0.2, 0.25) is 11.8 Å². The van der Waals surface area contributed by atoms with Crippen LogP contribution in [0.2, 0.25) is 0 Å². The lowest BCUT2D eigenvalue weighted by Crippen LogP contribution is -2.46. The number of hydrogen-bond acceptors (Lipinski definition) is 5. The van der Waals surface area contributed by atoms with Crippen molar-refractivity contribution in [2.75, 3.05) is 19.6 Å². The van der Waals surface area contributed by atoms with Gasteiger partial charge in [0.25, 0.3) is 0 Å². The topological polar surface area (TPSA) is 62.7 Å². The lowest BCUT2D eigenvalue weighted by molar-refractivity contribution is -0.140. The van der Waals surface area contributed by atoms with Crippen molar-refractivity contribution in [2.45, 2.75) is 70.6 Å². The van der Waals surface area contributed by atoms with Gasteiger partial charge in [0, 0.05) is 30.4 Å². The first-order valence-corrected chi connectivity index (χ1v) is 12.6. The Morgan fingerprint density at radius 1 is 1.16 bits per heavy atom. The molecule has 6 nitrogen and oxygen atoms in total. The van der Waals surface area contributed by atoms with E-state index in [0.29, 0.717) is 32.5 Å². The summed E-state index contributed by atoms with van der Waals surface area (Å²) in [6.45, 7) is 3.64. The van der Waals surface area contributed by atoms with Gasteiger partial charge in [0.15, 0.2) is 0 Å². The Balaban J connectivity index is 1.44. The lowest BCUT2D eigenvalue weighted by Gasteiger charge is -2.34. The maximum Gasteiger partial charge on any atom is 0.242 e. The van der Waals surface area contributed by atoms with Crippen LogP contribution >= 0.6 is 11.3 Å². The molecule has 1 aromatic carbocycles. The Morgan fingerprint density at radius 2 is 1.94 bits per heavy atom. The number of amides is 2. The average Bonchev–Trinajstić information content (AvgIpc) is 3.15. The minimum atomic E-state index is -0.183. The number of hydrogen-bond donors (Lipinski definition) is 0. The van der Waals surface area contributed by atoms with Gasteiger partial charge >= 0.3 is 0 Å². The van der Waals surface area contributed by atoms with Crippen molar-refractivity contribution < 1.29 is 14.3 Å². The predicted octanol–water partition coefficient (Wildman–Crippen LogP) is 3.97. The van der Waals surface area contributed by atoms with Gasteiger partial charge in [-0.25, -0.2) is 4.98 Å². The molecule has 0 N–H and O–H groups in total. The second kappa shape index (κ2) is 11.1. The zero-order valence-corrected chi connectivity index (χ0v) is 19.7. The number of nitrogens with zero attached hydrogens (tertiary/aromatic N) is 3. The molecule has 2 heterocycles. The molecule has 172 valence electrons. The standard InChI is InChI=1S/C25H33N3O3S/c1-19-23(32-18-26-19)12-13-24(29)27-14-22(31-17-20-8-4-2-5-9-20)15-28(25(30)16-27)21-10-6-3-7-11-21/h2,4-5,8-9,18,21-22H,3,6-7,10-17H2,1H3/t22-/m0/s1. The van der Waals surface area contributed by atoms with Crippen molar-refractivity contribution in [2.24, 2.45) is 0 Å². The van der Waals surface area contributed by atoms with E-state index in [1.54, 1.807) is 16.2 Å². The van der Waals surface area contributed by atoms with E-state index in [1.165, 1.54) is 19.3 Å². The van der Waals surface area contributed by atoms with E-state index >= 15 is 0 Å². The zero-order chi connectivity index (χ0) is 22.3. The molecule has 4 rings (SSSR count). The number of thiazole rings is 1. The molecular weight excluding hydrogens is 422 g/mol. The number of aromatic nitrogens is 1. The Hall–Kier alpha value is -2.25. The van der Waals surface area contributed by atoms with Gasteiger partial charge < -0.3 is 14.5 Å². The zero-order valence-electron chi connectivity index (χ0n) is 18.9. The Morgan fingerprint density at radius 3 is 2.66 bits per heavy atom. The van der Waals surface area contributed by atoms with Gasteiger partial charge in [0.1, 0.15) is 0 Å². The van der Waals surface area contributed by atoms with Crippen LogP contribution in [0.1, 0.15) is 54.7 Å². The number of benzene rings is 1. The fourth-order valence-corrected chi connectivity index (χ4v) is 5.50. The maximum atomic E-state index is 13.2. The SMILES string of the molecule is Cc1ncsc1CCC(=O)N1CC(=O)N(C2CCCCC2)C[C@@H](OCc2ccccc2)C1. The van der Waals surface area contributed by atoms with Gasteiger partial charge in [0.05, 0.1) is 30.5 Å². The summed E-state index contributed by atoms with van der Waals surface area (Å²) >= 11 is 1.59. The van der Waals surface area contributed by atoms with Crippen molar-refractivity contribution in [1.29, 1.82) is 0 Å². The highest BCUT2D eigenvalue weighted by Gasteiger charge is 2.34. The number of carbonyl (C=O) groups excluding carboxylic acids is 2. The van der Waals surface area contributed by atoms with E-state index < -0.39 is 0 Å². The van der Waals surface area contributed by atoms with Crippen LogP contribution in [-0.2, 0) is 27.4 Å². The van der Waals surface area contributed by atoms with Crippen LogP contribution in [0.5, 0.6) is 0 Å². The normalized spacial score (nSPS) is 20.4. The maximum absolute atomic E-state index is 13.2. The summed E-state index contributed by atoms with van der Waals surface area (Å²) in [4.78, 5) is 35.4. The third-order valence-corrected chi connectivity index (χ3v) is 7.57. The van der Waals surface area contributed by atoms with Gasteiger partial charge in [-0.1, -0.05) is 49.6 Å². The average molecular weight is 456 g/mol. The molecule has 0 radical (unpaired) electrons. The van der Waals surface area contributed by atoms with Gasteiger partial charge in [-0.15, -0.1) is 11.3 Å². The molecule has 2 aliphatic rings. The van der Waals surface area contributed by atoms with Crippen LogP contribution in [0.3, 0.4) is 0 Å². The second-order valence-corrected chi connectivity index (χ2v) is 9.83. The monoisotopic (exact) mass is 455 g/mol. The Kier molecular flexibility index (Phi) is 7.92. The highest BCUT2D eigenvalue weighted by Crippen LogP contribution is 2.25. The predicted molar refractivity (Wildman–Crippen MR) is 125 cm³/mol. The first kappa shape index (κ1) is 22.9. The van der Waals surface area contributed by atoms with Crippen molar-refractivity contribution in [3.05, 3.63) is 52.0 Å². The molecule has 1 saturated heterocycles. The first-order valence-electron chi connectivity index (χ1n) is 11.7. The van der Waals surface area contributed by atoms with E-state index in [1.807, 2.05) is 47.7 Å². The Labute approximate surface area is 194 Å². The van der Waals surface area contributed by atoms with Crippen LogP contribution in [-0.4, -0.2) is 58.4 Å². The lowest BCUT2D eigenvalue weighted by atomic mass is 9.94. The van der Waals surface area contributed by atoms with E-state index in [4.69, 9.17) is 4.74 Å². The molecule has 1 aliphatic heterocycles. The number of ether oxygens (including phenoxy) is 1. The number of carbonyl (C=O) groups is 2. The van der Waals surface area contributed by atoms with E-state index in [0.717, 1.165) is 29.0 Å². The van der Waals surface area contributed by atoms with Crippen molar-refractivity contribution in [1.82, 2.24) is 14.8 Å². The quantitative estimate of drug-likeness (QED) is 0.634. The minimum absolute atomic E-state index is 0.0185. The van der Waals surface area contributed by atoms with E-state index in [2.05, 4.69) is 4.98 Å². The number of rotatable bonds is 7. The molecule has 1 saturated carbocycles. The summed E-state index contributed by atoms with van der Waals surface area (Å²) in [5.74, 6) is 0.0787. The molecular formula is C25H33N3O3S. The van der Waals surface area contributed by atoms with Crippen LogP contribution in [0.25, 0.3) is 0 Å². The van der Waals surface area contributed by atoms with Crippen LogP contribution in [0.15, 0.2) is 35.8 Å². The highest BCUT2D eigenvalue weighted by atomic mass is 32.1. The van der Waals surface area contributed by atoms with Gasteiger partial charge in [-0.2, -0.15) is 0 Å². The molecule has 1 atom stereocenters. The van der Waals surface area contributed by atoms with Gasteiger partial charge in [-0.3, -0.25) is 9.59 Å². The van der Waals surface area contributed by atoms with E-state index in [-0.39, 0.29) is 30.5 Å². The summed E-state index contributed by atoms with van der Waals surface area (Å²) in [6.07, 6.45) is 6.56. The molecule has 2 amide bonds. The van der Waals surface area contributed by atoms with Crippen molar-refractivity contribution in [3.8, 4) is 0 Å². The van der Waals surface area contributed by atoms with Crippen LogP contribution in [0.4, 0.5) is 0 Å². The van der Waals surface area contributed by atoms with Crippen LogP contribution in [0, 0.1) is 6.92 Å². The third kappa shape index (κ3) is 5.95. The molecule has 2 aromatic rings. The summed E-state index contributed by atoms with van der Waals surface area (Å²) in [6, 6.07) is 10.3. The molecule has 1 aromatic heterocycles. The third-order valence-electron chi connectivity index (χ3n) is 6.58. The van der Waals surface area contributed by atoms with Crippen LogP contribution < -0.4 is 0 Å². The summed E-state index contributed by atoms with van der Waals surface area (Å²) in [7, 11) is 0. The smallest absolute Gasteiger partial charge is 0.242 e. The molecule has 0 spiro atoms. The summed E-state index contributed by atoms with van der Waals surface area (Å²) in [5.41, 5.74) is 3.91. The fraction of sp³-hybridized carbons (Fsp3) is 0.560. The van der Waals surface area contributed by atoms with Crippen molar-refractivity contribution >= 4 is 23.2 Å². The minimum Gasteiger partial charge on any atom is -0.370 e. The highest BCUT2D eigenvalue weighted by molar-refractivity contribution is 7.09.